The molecule has 0 aliphatic carbocycles. The molecule has 0 bridgehead atoms. The predicted molar refractivity (Wildman–Crippen MR) is 73.7 cm³/mol. The Hall–Kier alpha value is -2.37. The van der Waals surface area contributed by atoms with Crippen LogP contribution >= 0.6 is 0 Å². The van der Waals surface area contributed by atoms with Gasteiger partial charge in [0.25, 0.3) is 0 Å². The molecule has 1 heterocycles. The molecular formula is C16H14F4N2. The van der Waals surface area contributed by atoms with E-state index in [9.17, 15) is 13.2 Å². The molecule has 0 atom stereocenters. The number of hydrogen-bond donors (Lipinski definition) is 0. The Morgan fingerprint density at radius 2 is 1.55 bits per heavy atom. The summed E-state index contributed by atoms with van der Waals surface area (Å²) in [4.78, 5) is 0. The lowest BCUT2D eigenvalue weighted by molar-refractivity contribution is -0.667. The number of nitrogens with zero attached hydrogens (tertiary/aromatic N) is 2. The average molecular weight is 310 g/mol. The van der Waals surface area contributed by atoms with Crippen LogP contribution in [-0.4, -0.2) is 4.57 Å². The van der Waals surface area contributed by atoms with Crippen molar-refractivity contribution in [3.8, 4) is 0 Å². The van der Waals surface area contributed by atoms with Crippen LogP contribution in [-0.2, 0) is 19.8 Å². The number of halogens is 4. The van der Waals surface area contributed by atoms with Gasteiger partial charge in [-0.1, -0.05) is 42.5 Å². The number of aryl methyl sites for hydroxylation is 1. The quantitative estimate of drug-likeness (QED) is 0.482. The van der Waals surface area contributed by atoms with Gasteiger partial charge in [0, 0.05) is 0 Å². The zero-order valence-corrected chi connectivity index (χ0v) is 11.8. The van der Waals surface area contributed by atoms with Crippen molar-refractivity contribution in [1.82, 2.24) is 4.57 Å². The van der Waals surface area contributed by atoms with Crippen molar-refractivity contribution in [2.24, 2.45) is 7.05 Å². The molecule has 0 spiro atoms. The van der Waals surface area contributed by atoms with Crippen molar-refractivity contribution in [3.05, 3.63) is 66.0 Å². The smallest absolute Gasteiger partial charge is 0.495 e. The minimum Gasteiger partial charge on any atom is -1.00 e. The minimum absolute atomic E-state index is 0. The fourth-order valence-electron chi connectivity index (χ4n) is 2.65. The molecule has 0 aliphatic rings. The van der Waals surface area contributed by atoms with Crippen LogP contribution in [0.15, 0.2) is 54.6 Å². The van der Waals surface area contributed by atoms with Gasteiger partial charge < -0.3 is 4.70 Å². The molecule has 0 radical (unpaired) electrons. The van der Waals surface area contributed by atoms with Crippen LogP contribution in [0.4, 0.5) is 13.2 Å². The van der Waals surface area contributed by atoms with E-state index in [2.05, 4.69) is 0 Å². The molecule has 6 heteroatoms. The van der Waals surface area contributed by atoms with Gasteiger partial charge in [-0.05, 0) is 17.7 Å². The Morgan fingerprint density at radius 1 is 0.955 bits per heavy atom. The third kappa shape index (κ3) is 2.68. The maximum Gasteiger partial charge on any atom is 0.495 e. The van der Waals surface area contributed by atoms with Gasteiger partial charge in [-0.25, -0.2) is 9.13 Å². The van der Waals surface area contributed by atoms with E-state index >= 15 is 0 Å². The number of alkyl halides is 3. The van der Waals surface area contributed by atoms with Crippen LogP contribution < -0.4 is 9.27 Å². The summed E-state index contributed by atoms with van der Waals surface area (Å²) in [5.74, 6) is -0.646. The minimum atomic E-state index is -4.40. The third-order valence-corrected chi connectivity index (χ3v) is 3.54. The Balaban J connectivity index is 0.00000176. The Morgan fingerprint density at radius 3 is 2.18 bits per heavy atom. The molecule has 2 aromatic carbocycles. The topological polar surface area (TPSA) is 8.81 Å². The lowest BCUT2D eigenvalue weighted by atomic mass is 10.2. The molecule has 0 unspecified atom stereocenters. The second kappa shape index (κ2) is 5.79. The van der Waals surface area contributed by atoms with Crippen molar-refractivity contribution < 1.29 is 22.4 Å². The summed E-state index contributed by atoms with van der Waals surface area (Å²) in [6, 6.07) is 16.1. The summed E-state index contributed by atoms with van der Waals surface area (Å²) in [5.41, 5.74) is 1.99. The van der Waals surface area contributed by atoms with E-state index in [0.29, 0.717) is 11.0 Å². The first-order valence-electron chi connectivity index (χ1n) is 6.57. The molecule has 0 aliphatic heterocycles. The maximum atomic E-state index is 13.4. The van der Waals surface area contributed by atoms with Crippen LogP contribution in [0.1, 0.15) is 11.4 Å². The first-order chi connectivity index (χ1) is 9.98. The molecule has 0 N–H and O–H groups in total. The highest BCUT2D eigenvalue weighted by Crippen LogP contribution is 2.30. The van der Waals surface area contributed by atoms with Crippen LogP contribution in [0.5, 0.6) is 0 Å². The lowest BCUT2D eigenvalue weighted by Gasteiger charge is -2.06. The van der Waals surface area contributed by atoms with E-state index in [1.807, 2.05) is 30.3 Å². The largest absolute Gasteiger partial charge is 1.00 e. The SMILES string of the molecule is C[n+]1c(C(F)(F)F)n(Cc2ccccc2)c2ccccc21.[F-]. The van der Waals surface area contributed by atoms with E-state index in [4.69, 9.17) is 0 Å². The second-order valence-electron chi connectivity index (χ2n) is 4.94. The van der Waals surface area contributed by atoms with Gasteiger partial charge in [0.15, 0.2) is 11.0 Å². The fraction of sp³-hybridized carbons (Fsp3) is 0.188. The zero-order valence-electron chi connectivity index (χ0n) is 11.8. The van der Waals surface area contributed by atoms with E-state index < -0.39 is 12.0 Å². The predicted octanol–water partition coefficient (Wildman–Crippen LogP) is 0.537. The van der Waals surface area contributed by atoms with Crippen LogP contribution in [0, 0.1) is 0 Å². The molecule has 116 valence electrons. The standard InChI is InChI=1S/C16H14F3N2.FH/c1-20-13-9-5-6-10-14(13)21(15(20)16(17,18)19)11-12-7-3-2-4-8-12;/h2-10H,11H2,1H3;1H/q+1;/p-1. The van der Waals surface area contributed by atoms with Gasteiger partial charge in [0.2, 0.25) is 0 Å². The molecular weight excluding hydrogens is 296 g/mol. The monoisotopic (exact) mass is 310 g/mol. The van der Waals surface area contributed by atoms with Crippen molar-refractivity contribution >= 4 is 11.0 Å². The van der Waals surface area contributed by atoms with Gasteiger partial charge in [-0.15, -0.1) is 0 Å². The molecule has 0 saturated heterocycles. The van der Waals surface area contributed by atoms with Gasteiger partial charge in [0.05, 0.1) is 7.05 Å². The lowest BCUT2D eigenvalue weighted by Crippen LogP contribution is -3.00. The number of hydrogen-bond acceptors (Lipinski definition) is 0. The van der Waals surface area contributed by atoms with Crippen molar-refractivity contribution in [2.75, 3.05) is 0 Å². The molecule has 22 heavy (non-hydrogen) atoms. The highest BCUT2D eigenvalue weighted by Gasteiger charge is 2.46. The number of imidazole rings is 1. The summed E-state index contributed by atoms with van der Waals surface area (Å²) < 4.78 is 42.8. The van der Waals surface area contributed by atoms with E-state index in [0.717, 1.165) is 5.56 Å². The number of para-hydroxylation sites is 2. The van der Waals surface area contributed by atoms with Crippen molar-refractivity contribution in [3.63, 3.8) is 0 Å². The van der Waals surface area contributed by atoms with Gasteiger partial charge in [-0.3, -0.25) is 0 Å². The molecule has 3 rings (SSSR count). The first-order valence-corrected chi connectivity index (χ1v) is 6.57. The van der Waals surface area contributed by atoms with Crippen LogP contribution in [0.2, 0.25) is 0 Å². The van der Waals surface area contributed by atoms with Gasteiger partial charge in [0.1, 0.15) is 6.54 Å². The van der Waals surface area contributed by atoms with E-state index in [1.54, 1.807) is 24.3 Å². The van der Waals surface area contributed by atoms with Crippen molar-refractivity contribution in [1.29, 1.82) is 0 Å². The summed E-state index contributed by atoms with van der Waals surface area (Å²) in [6.07, 6.45) is -4.40. The highest BCUT2D eigenvalue weighted by molar-refractivity contribution is 5.72. The number of benzene rings is 2. The average Bonchev–Trinajstić information content (AvgIpc) is 2.73. The molecule has 0 amide bonds. The zero-order chi connectivity index (χ0) is 15.0. The number of fused-ring (bicyclic) bond motifs is 1. The van der Waals surface area contributed by atoms with Crippen molar-refractivity contribution in [2.45, 2.75) is 12.7 Å². The molecule has 3 aromatic rings. The third-order valence-electron chi connectivity index (χ3n) is 3.54. The van der Waals surface area contributed by atoms with Crippen LogP contribution in [0.3, 0.4) is 0 Å². The fourth-order valence-corrected chi connectivity index (χ4v) is 2.65. The molecule has 0 fully saturated rings. The normalized spacial score (nSPS) is 11.5. The maximum absolute atomic E-state index is 13.4. The Kier molecular flexibility index (Phi) is 4.21. The molecule has 1 aromatic heterocycles. The van der Waals surface area contributed by atoms with Crippen LogP contribution in [0.25, 0.3) is 11.0 Å². The van der Waals surface area contributed by atoms with Gasteiger partial charge in [-0.2, -0.15) is 13.2 Å². The number of aromatic nitrogens is 2. The molecule has 0 saturated carbocycles. The Labute approximate surface area is 124 Å². The first kappa shape index (κ1) is 16.0. The second-order valence-corrected chi connectivity index (χ2v) is 4.94. The highest BCUT2D eigenvalue weighted by atomic mass is 19.4. The summed E-state index contributed by atoms with van der Waals surface area (Å²) in [6.45, 7) is 0.192. The summed E-state index contributed by atoms with van der Waals surface area (Å²) in [5, 5.41) is 0. The molecule has 2 nitrogen and oxygen atoms in total. The van der Waals surface area contributed by atoms with E-state index in [1.165, 1.54) is 16.2 Å². The summed E-state index contributed by atoms with van der Waals surface area (Å²) in [7, 11) is 1.45. The van der Waals surface area contributed by atoms with E-state index in [-0.39, 0.29) is 11.2 Å². The summed E-state index contributed by atoms with van der Waals surface area (Å²) >= 11 is 0. The number of rotatable bonds is 2. The van der Waals surface area contributed by atoms with Gasteiger partial charge >= 0.3 is 12.0 Å². The Bertz CT molecular complexity index is 776.